The summed E-state index contributed by atoms with van der Waals surface area (Å²) in [4.78, 5) is 34.3. The van der Waals surface area contributed by atoms with Gasteiger partial charge in [0.2, 0.25) is 5.91 Å². The lowest BCUT2D eigenvalue weighted by molar-refractivity contribution is -0.128. The molecule has 6 nitrogen and oxygen atoms in total. The standard InChI is InChI=1S/C14H18N2O4/c1-4-15-13(18)9(2)20-14(19)11-6-5-7-12(8-11)16-10(3)17/h5-9H,4H2,1-3H3,(H,15,18)(H,16,17)/t9-/m1/s1. The van der Waals surface area contributed by atoms with E-state index < -0.39 is 12.1 Å². The van der Waals surface area contributed by atoms with Crippen LogP contribution < -0.4 is 10.6 Å². The Bertz CT molecular complexity index is 514. The summed E-state index contributed by atoms with van der Waals surface area (Å²) in [7, 11) is 0. The SMILES string of the molecule is CCNC(=O)[C@@H](C)OC(=O)c1cccc(NC(C)=O)c1. The van der Waals surface area contributed by atoms with Gasteiger partial charge in [-0.15, -0.1) is 0 Å². The van der Waals surface area contributed by atoms with Gasteiger partial charge in [-0.1, -0.05) is 6.07 Å². The van der Waals surface area contributed by atoms with E-state index in [0.29, 0.717) is 12.2 Å². The first-order chi connectivity index (χ1) is 9.43. The first kappa shape index (κ1) is 15.7. The second-order valence-electron chi connectivity index (χ2n) is 4.20. The summed E-state index contributed by atoms with van der Waals surface area (Å²) in [5, 5.41) is 5.14. The zero-order chi connectivity index (χ0) is 15.1. The van der Waals surface area contributed by atoms with Gasteiger partial charge in [-0.05, 0) is 32.0 Å². The maximum atomic E-state index is 11.9. The fourth-order valence-electron chi connectivity index (χ4n) is 1.53. The second-order valence-corrected chi connectivity index (χ2v) is 4.20. The highest BCUT2D eigenvalue weighted by Gasteiger charge is 2.18. The second kappa shape index (κ2) is 7.28. The van der Waals surface area contributed by atoms with E-state index in [0.717, 1.165) is 0 Å². The molecule has 0 aliphatic heterocycles. The number of carbonyl (C=O) groups is 3. The number of amides is 2. The highest BCUT2D eigenvalue weighted by atomic mass is 16.5. The lowest BCUT2D eigenvalue weighted by atomic mass is 10.2. The van der Waals surface area contributed by atoms with E-state index in [4.69, 9.17) is 4.74 Å². The number of hydrogen-bond acceptors (Lipinski definition) is 4. The van der Waals surface area contributed by atoms with E-state index in [1.54, 1.807) is 25.1 Å². The smallest absolute Gasteiger partial charge is 0.338 e. The third kappa shape index (κ3) is 4.72. The van der Waals surface area contributed by atoms with Crippen LogP contribution in [0.3, 0.4) is 0 Å². The molecule has 108 valence electrons. The number of nitrogens with one attached hydrogen (secondary N) is 2. The van der Waals surface area contributed by atoms with E-state index in [2.05, 4.69) is 10.6 Å². The van der Waals surface area contributed by atoms with Crippen molar-refractivity contribution < 1.29 is 19.1 Å². The molecule has 0 fully saturated rings. The minimum absolute atomic E-state index is 0.230. The maximum Gasteiger partial charge on any atom is 0.338 e. The highest BCUT2D eigenvalue weighted by molar-refractivity contribution is 5.95. The Labute approximate surface area is 117 Å². The fourth-order valence-corrected chi connectivity index (χ4v) is 1.53. The van der Waals surface area contributed by atoms with Crippen molar-refractivity contribution in [3.05, 3.63) is 29.8 Å². The monoisotopic (exact) mass is 278 g/mol. The molecule has 1 rings (SSSR count). The molecule has 1 atom stereocenters. The number of carbonyl (C=O) groups excluding carboxylic acids is 3. The van der Waals surface area contributed by atoms with E-state index in [1.807, 2.05) is 0 Å². The molecule has 0 spiro atoms. The first-order valence-electron chi connectivity index (χ1n) is 6.30. The molecule has 20 heavy (non-hydrogen) atoms. The zero-order valence-corrected chi connectivity index (χ0v) is 11.7. The third-order valence-corrected chi connectivity index (χ3v) is 2.42. The Morgan fingerprint density at radius 1 is 1.30 bits per heavy atom. The number of benzene rings is 1. The van der Waals surface area contributed by atoms with E-state index >= 15 is 0 Å². The number of likely N-dealkylation sites (N-methyl/N-ethyl adjacent to an activating group) is 1. The van der Waals surface area contributed by atoms with Crippen molar-refractivity contribution in [2.24, 2.45) is 0 Å². The molecule has 2 amide bonds. The van der Waals surface area contributed by atoms with Crippen LogP contribution in [-0.2, 0) is 14.3 Å². The van der Waals surface area contributed by atoms with Gasteiger partial charge >= 0.3 is 5.97 Å². The summed E-state index contributed by atoms with van der Waals surface area (Å²) >= 11 is 0. The molecule has 0 heterocycles. The molecule has 1 aromatic rings. The molecule has 0 aliphatic carbocycles. The molecule has 0 radical (unpaired) electrons. The predicted octanol–water partition coefficient (Wildman–Crippen LogP) is 1.33. The van der Waals surface area contributed by atoms with Gasteiger partial charge in [0.1, 0.15) is 0 Å². The van der Waals surface area contributed by atoms with Gasteiger partial charge in [-0.2, -0.15) is 0 Å². The van der Waals surface area contributed by atoms with Crippen molar-refractivity contribution in [2.45, 2.75) is 26.9 Å². The number of rotatable bonds is 5. The topological polar surface area (TPSA) is 84.5 Å². The van der Waals surface area contributed by atoms with Crippen LogP contribution in [0.4, 0.5) is 5.69 Å². The molecule has 1 aromatic carbocycles. The molecular weight excluding hydrogens is 260 g/mol. The molecule has 0 saturated heterocycles. The fraction of sp³-hybridized carbons (Fsp3) is 0.357. The van der Waals surface area contributed by atoms with Crippen LogP contribution >= 0.6 is 0 Å². The quantitative estimate of drug-likeness (QED) is 0.796. The average molecular weight is 278 g/mol. The van der Waals surface area contributed by atoms with Crippen LogP contribution in [0.15, 0.2) is 24.3 Å². The van der Waals surface area contributed by atoms with Gasteiger partial charge in [0.15, 0.2) is 6.10 Å². The lowest BCUT2D eigenvalue weighted by Crippen LogP contribution is -2.35. The average Bonchev–Trinajstić information content (AvgIpc) is 2.38. The molecule has 0 unspecified atom stereocenters. The summed E-state index contributed by atoms with van der Waals surface area (Å²) in [5.41, 5.74) is 0.769. The van der Waals surface area contributed by atoms with Crippen LogP contribution in [0.2, 0.25) is 0 Å². The largest absolute Gasteiger partial charge is 0.449 e. The van der Waals surface area contributed by atoms with Gasteiger partial charge in [-0.3, -0.25) is 9.59 Å². The summed E-state index contributed by atoms with van der Waals surface area (Å²) in [5.74, 6) is -1.19. The van der Waals surface area contributed by atoms with Gasteiger partial charge < -0.3 is 15.4 Å². The maximum absolute atomic E-state index is 11.9. The van der Waals surface area contributed by atoms with Crippen molar-refractivity contribution >= 4 is 23.5 Å². The molecular formula is C14H18N2O4. The van der Waals surface area contributed by atoms with Crippen molar-refractivity contribution in [1.29, 1.82) is 0 Å². The van der Waals surface area contributed by atoms with E-state index in [-0.39, 0.29) is 17.4 Å². The zero-order valence-electron chi connectivity index (χ0n) is 11.7. The van der Waals surface area contributed by atoms with E-state index in [9.17, 15) is 14.4 Å². The minimum Gasteiger partial charge on any atom is -0.449 e. The van der Waals surface area contributed by atoms with Crippen molar-refractivity contribution in [2.75, 3.05) is 11.9 Å². The van der Waals surface area contributed by atoms with Crippen molar-refractivity contribution in [3.8, 4) is 0 Å². The minimum atomic E-state index is -0.869. The van der Waals surface area contributed by atoms with Gasteiger partial charge in [0.05, 0.1) is 5.56 Å². The van der Waals surface area contributed by atoms with Crippen molar-refractivity contribution in [3.63, 3.8) is 0 Å². The Morgan fingerprint density at radius 3 is 2.60 bits per heavy atom. The Hall–Kier alpha value is -2.37. The highest BCUT2D eigenvalue weighted by Crippen LogP contribution is 2.12. The predicted molar refractivity (Wildman–Crippen MR) is 74.3 cm³/mol. The molecule has 0 aromatic heterocycles. The molecule has 2 N–H and O–H groups in total. The van der Waals surface area contributed by atoms with Crippen LogP contribution in [0.5, 0.6) is 0 Å². The third-order valence-electron chi connectivity index (χ3n) is 2.42. The van der Waals surface area contributed by atoms with Gasteiger partial charge in [-0.25, -0.2) is 4.79 Å². The van der Waals surface area contributed by atoms with Crippen LogP contribution in [0.25, 0.3) is 0 Å². The molecule has 6 heteroatoms. The summed E-state index contributed by atoms with van der Waals surface area (Å²) < 4.78 is 5.05. The number of esters is 1. The van der Waals surface area contributed by atoms with Crippen molar-refractivity contribution in [1.82, 2.24) is 5.32 Å². The van der Waals surface area contributed by atoms with Crippen LogP contribution in [0, 0.1) is 0 Å². The first-order valence-corrected chi connectivity index (χ1v) is 6.30. The van der Waals surface area contributed by atoms with Crippen LogP contribution in [0.1, 0.15) is 31.1 Å². The Kier molecular flexibility index (Phi) is 5.71. The lowest BCUT2D eigenvalue weighted by Gasteiger charge is -2.13. The van der Waals surface area contributed by atoms with Gasteiger partial charge in [0, 0.05) is 19.2 Å². The Balaban J connectivity index is 2.72. The summed E-state index contributed by atoms with van der Waals surface area (Å²) in [6.07, 6.45) is -0.869. The van der Waals surface area contributed by atoms with Crippen LogP contribution in [-0.4, -0.2) is 30.4 Å². The normalized spacial score (nSPS) is 11.3. The molecule has 0 saturated carbocycles. The number of ether oxygens (including phenoxy) is 1. The van der Waals surface area contributed by atoms with Gasteiger partial charge in [0.25, 0.3) is 5.91 Å². The number of anilines is 1. The molecule has 0 aliphatic rings. The number of hydrogen-bond donors (Lipinski definition) is 2. The summed E-state index contributed by atoms with van der Waals surface area (Å²) in [6.45, 7) is 5.13. The molecule has 0 bridgehead atoms. The van der Waals surface area contributed by atoms with E-state index in [1.165, 1.54) is 19.9 Å². The summed E-state index contributed by atoms with van der Waals surface area (Å²) in [6, 6.07) is 6.33. The Morgan fingerprint density at radius 2 is 2.00 bits per heavy atom.